The van der Waals surface area contributed by atoms with Crippen molar-refractivity contribution in [2.24, 2.45) is 0 Å². The quantitative estimate of drug-likeness (QED) is 0.625. The number of sulfonamides is 1. The smallest absolute Gasteiger partial charge is 0.324 e. The Morgan fingerprint density at radius 2 is 1.88 bits per heavy atom. The molecule has 1 N–H and O–H groups in total. The van der Waals surface area contributed by atoms with Crippen molar-refractivity contribution >= 4 is 49.0 Å². The molecule has 0 fully saturated rings. The maximum absolute atomic E-state index is 12.3. The number of carbonyl (C=O) groups is 1. The van der Waals surface area contributed by atoms with E-state index in [4.69, 9.17) is 16.3 Å². The van der Waals surface area contributed by atoms with Crippen molar-refractivity contribution in [3.8, 4) is 0 Å². The molecule has 136 valence electrons. The second-order valence-electron chi connectivity index (χ2n) is 5.66. The number of rotatable bonds is 6. The van der Waals surface area contributed by atoms with Crippen LogP contribution in [0.15, 0.2) is 58.8 Å². The number of esters is 1. The Morgan fingerprint density at radius 1 is 1.19 bits per heavy atom. The molecule has 8 heteroatoms. The Hall–Kier alpha value is -1.93. The molecule has 0 saturated carbocycles. The lowest BCUT2D eigenvalue weighted by atomic mass is 10.2. The fourth-order valence-corrected chi connectivity index (χ4v) is 4.65. The van der Waals surface area contributed by atoms with Crippen molar-refractivity contribution < 1.29 is 17.9 Å². The first kappa shape index (κ1) is 18.8. The van der Waals surface area contributed by atoms with Crippen molar-refractivity contribution in [3.63, 3.8) is 0 Å². The van der Waals surface area contributed by atoms with Crippen LogP contribution >= 0.6 is 22.9 Å². The Kier molecular flexibility index (Phi) is 5.62. The molecule has 26 heavy (non-hydrogen) atoms. The number of benzene rings is 2. The van der Waals surface area contributed by atoms with E-state index in [9.17, 15) is 13.2 Å². The predicted molar refractivity (Wildman–Crippen MR) is 103 cm³/mol. The summed E-state index contributed by atoms with van der Waals surface area (Å²) in [4.78, 5) is 12.2. The number of fused-ring (bicyclic) bond motifs is 1. The predicted octanol–water partition coefficient (Wildman–Crippen LogP) is 3.96. The third-order valence-corrected chi connectivity index (χ3v) is 6.56. The average molecular weight is 410 g/mol. The first-order valence-corrected chi connectivity index (χ1v) is 10.5. The van der Waals surface area contributed by atoms with Crippen LogP contribution in [0.4, 0.5) is 0 Å². The molecule has 0 unspecified atom stereocenters. The van der Waals surface area contributed by atoms with Crippen LogP contribution in [-0.2, 0) is 26.2 Å². The van der Waals surface area contributed by atoms with E-state index in [1.54, 1.807) is 11.3 Å². The van der Waals surface area contributed by atoms with Crippen LogP contribution in [0, 0.1) is 0 Å². The largest absolute Gasteiger partial charge is 0.460 e. The van der Waals surface area contributed by atoms with Gasteiger partial charge in [-0.25, -0.2) is 8.42 Å². The first-order chi connectivity index (χ1) is 12.4. The summed E-state index contributed by atoms with van der Waals surface area (Å²) in [6.45, 7) is 1.54. The van der Waals surface area contributed by atoms with Crippen LogP contribution in [0.1, 0.15) is 12.5 Å². The number of hydrogen-bond acceptors (Lipinski definition) is 5. The minimum absolute atomic E-state index is 0.0328. The molecule has 3 aromatic rings. The Bertz CT molecular complexity index is 1030. The monoisotopic (exact) mass is 409 g/mol. The molecule has 0 radical (unpaired) electrons. The summed E-state index contributed by atoms with van der Waals surface area (Å²) in [7, 11) is -3.84. The molecule has 0 aliphatic carbocycles. The molecule has 5 nitrogen and oxygen atoms in total. The molecule has 0 saturated heterocycles. The molecule has 1 atom stereocenters. The van der Waals surface area contributed by atoms with E-state index in [2.05, 4.69) is 4.72 Å². The zero-order chi connectivity index (χ0) is 18.7. The number of halogens is 1. The number of nitrogens with one attached hydrogen (secondary N) is 1. The SMILES string of the molecule is C[C@H](NS(=O)(=O)c1ccc(Cl)cc1)C(=O)OCc1csc2ccccc12. The van der Waals surface area contributed by atoms with Crippen molar-refractivity contribution in [2.75, 3.05) is 0 Å². The molecule has 1 heterocycles. The van der Waals surface area contributed by atoms with Crippen LogP contribution in [0.2, 0.25) is 5.02 Å². The Balaban J connectivity index is 1.63. The van der Waals surface area contributed by atoms with Gasteiger partial charge in [0.2, 0.25) is 10.0 Å². The van der Waals surface area contributed by atoms with E-state index >= 15 is 0 Å². The van der Waals surface area contributed by atoms with Gasteiger partial charge in [-0.2, -0.15) is 4.72 Å². The summed E-state index contributed by atoms with van der Waals surface area (Å²) in [5.74, 6) is -0.641. The molecule has 0 spiro atoms. The van der Waals surface area contributed by atoms with Gasteiger partial charge in [0.15, 0.2) is 0 Å². The lowest BCUT2D eigenvalue weighted by Gasteiger charge is -2.13. The van der Waals surface area contributed by atoms with Gasteiger partial charge in [-0.15, -0.1) is 11.3 Å². The number of hydrogen-bond donors (Lipinski definition) is 1. The van der Waals surface area contributed by atoms with Gasteiger partial charge in [-0.05, 0) is 48.0 Å². The van der Waals surface area contributed by atoms with Crippen LogP contribution in [-0.4, -0.2) is 20.4 Å². The molecular weight excluding hydrogens is 394 g/mol. The molecule has 0 amide bonds. The molecule has 0 aliphatic heterocycles. The highest BCUT2D eigenvalue weighted by Crippen LogP contribution is 2.26. The molecule has 0 aliphatic rings. The molecule has 1 aromatic heterocycles. The summed E-state index contributed by atoms with van der Waals surface area (Å²) in [6.07, 6.45) is 0. The maximum atomic E-state index is 12.3. The highest BCUT2D eigenvalue weighted by Gasteiger charge is 2.23. The standard InChI is InChI=1S/C18H16ClNO4S2/c1-12(20-26(22,23)15-8-6-14(19)7-9-15)18(21)24-10-13-11-25-17-5-3-2-4-16(13)17/h2-9,11-12,20H,10H2,1H3/t12-/m0/s1. The third kappa shape index (κ3) is 4.24. The van der Waals surface area contributed by atoms with E-state index in [-0.39, 0.29) is 11.5 Å². The van der Waals surface area contributed by atoms with E-state index in [1.807, 2.05) is 29.6 Å². The van der Waals surface area contributed by atoms with Gasteiger partial charge < -0.3 is 4.74 Å². The van der Waals surface area contributed by atoms with Crippen LogP contribution in [0.3, 0.4) is 0 Å². The van der Waals surface area contributed by atoms with E-state index in [0.29, 0.717) is 5.02 Å². The molecule has 3 rings (SSSR count). The summed E-state index contributed by atoms with van der Waals surface area (Å²) in [5.41, 5.74) is 0.895. The van der Waals surface area contributed by atoms with E-state index < -0.39 is 22.0 Å². The molecule has 0 bridgehead atoms. The van der Waals surface area contributed by atoms with Crippen LogP contribution in [0.5, 0.6) is 0 Å². The van der Waals surface area contributed by atoms with Crippen LogP contribution in [0.25, 0.3) is 10.1 Å². The van der Waals surface area contributed by atoms with Crippen LogP contribution < -0.4 is 4.72 Å². The van der Waals surface area contributed by atoms with Gasteiger partial charge in [0.25, 0.3) is 0 Å². The highest BCUT2D eigenvalue weighted by molar-refractivity contribution is 7.89. The average Bonchev–Trinajstić information content (AvgIpc) is 3.03. The second-order valence-corrected chi connectivity index (χ2v) is 8.72. The summed E-state index contributed by atoms with van der Waals surface area (Å²) in [5, 5.41) is 3.39. The van der Waals surface area contributed by atoms with Crippen molar-refractivity contribution in [1.29, 1.82) is 0 Å². The van der Waals surface area contributed by atoms with Gasteiger partial charge >= 0.3 is 5.97 Å². The van der Waals surface area contributed by atoms with Gasteiger partial charge in [0, 0.05) is 15.3 Å². The van der Waals surface area contributed by atoms with E-state index in [1.165, 1.54) is 31.2 Å². The Morgan fingerprint density at radius 3 is 2.62 bits per heavy atom. The van der Waals surface area contributed by atoms with Gasteiger partial charge in [-0.1, -0.05) is 29.8 Å². The lowest BCUT2D eigenvalue weighted by Crippen LogP contribution is -2.39. The minimum Gasteiger partial charge on any atom is -0.460 e. The number of thiophene rings is 1. The zero-order valence-electron chi connectivity index (χ0n) is 13.8. The highest BCUT2D eigenvalue weighted by atomic mass is 35.5. The Labute approximate surface area is 160 Å². The molecular formula is C18H16ClNO4S2. The normalized spacial score (nSPS) is 12.8. The minimum atomic E-state index is -3.84. The summed E-state index contributed by atoms with van der Waals surface area (Å²) in [6, 6.07) is 12.5. The fourth-order valence-electron chi connectivity index (χ4n) is 2.38. The number of ether oxygens (including phenoxy) is 1. The number of carbonyl (C=O) groups excluding carboxylic acids is 1. The van der Waals surface area contributed by atoms with Crippen molar-refractivity contribution in [2.45, 2.75) is 24.5 Å². The topological polar surface area (TPSA) is 72.5 Å². The van der Waals surface area contributed by atoms with Crippen molar-refractivity contribution in [3.05, 3.63) is 64.5 Å². The van der Waals surface area contributed by atoms with Gasteiger partial charge in [0.05, 0.1) is 4.90 Å². The lowest BCUT2D eigenvalue weighted by molar-refractivity contribution is -0.146. The first-order valence-electron chi connectivity index (χ1n) is 7.76. The third-order valence-electron chi connectivity index (χ3n) is 3.74. The van der Waals surface area contributed by atoms with Gasteiger partial charge in [-0.3, -0.25) is 4.79 Å². The fraction of sp³-hybridized carbons (Fsp3) is 0.167. The van der Waals surface area contributed by atoms with Gasteiger partial charge in [0.1, 0.15) is 12.6 Å². The second kappa shape index (κ2) is 7.75. The maximum Gasteiger partial charge on any atom is 0.324 e. The zero-order valence-corrected chi connectivity index (χ0v) is 16.2. The van der Waals surface area contributed by atoms with E-state index in [0.717, 1.165) is 15.6 Å². The summed E-state index contributed by atoms with van der Waals surface area (Å²) < 4.78 is 33.3. The van der Waals surface area contributed by atoms with Crippen molar-refractivity contribution in [1.82, 2.24) is 4.72 Å². The molecule has 2 aromatic carbocycles. The summed E-state index contributed by atoms with van der Waals surface area (Å²) >= 11 is 7.33.